The van der Waals surface area contributed by atoms with Crippen LogP contribution in [0, 0.1) is 13.8 Å². The molecule has 0 saturated carbocycles. The van der Waals surface area contributed by atoms with Gasteiger partial charge in [-0.05, 0) is 48.6 Å². The molecule has 1 heterocycles. The number of para-hydroxylation sites is 1. The summed E-state index contributed by atoms with van der Waals surface area (Å²) >= 11 is 2.84. The van der Waals surface area contributed by atoms with E-state index in [-0.39, 0.29) is 5.91 Å². The predicted octanol–water partition coefficient (Wildman–Crippen LogP) is 5.75. The van der Waals surface area contributed by atoms with E-state index in [9.17, 15) is 4.79 Å². The number of thioether (sulfide) groups is 1. The summed E-state index contributed by atoms with van der Waals surface area (Å²) in [4.78, 5) is 12.5. The molecule has 0 radical (unpaired) electrons. The summed E-state index contributed by atoms with van der Waals surface area (Å²) in [6.07, 6.45) is 0. The summed E-state index contributed by atoms with van der Waals surface area (Å²) in [5, 5.41) is 15.4. The number of anilines is 3. The molecule has 0 fully saturated rings. The van der Waals surface area contributed by atoms with Gasteiger partial charge in [-0.25, -0.2) is 0 Å². The highest BCUT2D eigenvalue weighted by atomic mass is 32.2. The van der Waals surface area contributed by atoms with Crippen LogP contribution in [-0.2, 0) is 4.79 Å². The van der Waals surface area contributed by atoms with Crippen molar-refractivity contribution < 1.29 is 4.79 Å². The van der Waals surface area contributed by atoms with Gasteiger partial charge >= 0.3 is 0 Å². The van der Waals surface area contributed by atoms with Gasteiger partial charge in [-0.1, -0.05) is 67.3 Å². The Morgan fingerprint density at radius 1 is 1.14 bits per heavy atom. The normalized spacial score (nSPS) is 10.9. The number of carbonyl (C=O) groups excluding carboxylic acids is 1. The number of benzene rings is 2. The lowest BCUT2D eigenvalue weighted by atomic mass is 9.98. The Hall–Kier alpha value is -2.38. The molecule has 0 aliphatic carbocycles. The lowest BCUT2D eigenvalue weighted by molar-refractivity contribution is -0.113. The van der Waals surface area contributed by atoms with Crippen LogP contribution >= 0.6 is 23.1 Å². The van der Waals surface area contributed by atoms with Crippen molar-refractivity contribution in [1.29, 1.82) is 0 Å². The van der Waals surface area contributed by atoms with Gasteiger partial charge in [0.25, 0.3) is 0 Å². The minimum absolute atomic E-state index is 0.0374. The third-order valence-corrected chi connectivity index (χ3v) is 6.17. The van der Waals surface area contributed by atoms with Gasteiger partial charge < -0.3 is 10.6 Å². The number of nitrogens with zero attached hydrogens (tertiary/aromatic N) is 2. The smallest absolute Gasteiger partial charge is 0.234 e. The van der Waals surface area contributed by atoms with Gasteiger partial charge in [-0.3, -0.25) is 4.79 Å². The fourth-order valence-electron chi connectivity index (χ4n) is 2.81. The molecule has 0 saturated heterocycles. The number of aromatic nitrogens is 2. The van der Waals surface area contributed by atoms with Gasteiger partial charge in [-0.2, -0.15) is 0 Å². The molecule has 5 nitrogen and oxygen atoms in total. The Bertz CT molecular complexity index is 969. The molecule has 3 aromatic rings. The molecule has 3 rings (SSSR count). The van der Waals surface area contributed by atoms with E-state index < -0.39 is 0 Å². The van der Waals surface area contributed by atoms with Crippen molar-refractivity contribution >= 4 is 45.5 Å². The average molecular weight is 413 g/mol. The van der Waals surface area contributed by atoms with Gasteiger partial charge in [0.1, 0.15) is 0 Å². The second kappa shape index (κ2) is 9.21. The van der Waals surface area contributed by atoms with Crippen molar-refractivity contribution in [3.05, 3.63) is 59.2 Å². The molecule has 0 unspecified atom stereocenters. The molecule has 0 spiro atoms. The van der Waals surface area contributed by atoms with Crippen LogP contribution in [0.15, 0.2) is 46.8 Å². The van der Waals surface area contributed by atoms with Crippen LogP contribution in [0.5, 0.6) is 0 Å². The monoisotopic (exact) mass is 412 g/mol. The van der Waals surface area contributed by atoms with E-state index >= 15 is 0 Å². The maximum absolute atomic E-state index is 12.5. The fraction of sp³-hybridized carbons (Fsp3) is 0.286. The number of amides is 1. The van der Waals surface area contributed by atoms with Crippen molar-refractivity contribution in [1.82, 2.24) is 10.2 Å². The molecular formula is C21H24N4OS2. The second-order valence-corrected chi connectivity index (χ2v) is 9.10. The fourth-order valence-corrected chi connectivity index (χ4v) is 4.38. The highest BCUT2D eigenvalue weighted by molar-refractivity contribution is 8.01. The SMILES string of the molecule is Cc1cccc(Nc2nnc(SCC(=O)Nc3c(C)cccc3C(C)C)s2)c1. The molecule has 2 N–H and O–H groups in total. The largest absolute Gasteiger partial charge is 0.330 e. The van der Waals surface area contributed by atoms with E-state index in [1.165, 1.54) is 28.7 Å². The molecule has 146 valence electrons. The first-order valence-corrected chi connectivity index (χ1v) is 10.9. The molecule has 7 heteroatoms. The Balaban J connectivity index is 1.58. The summed E-state index contributed by atoms with van der Waals surface area (Å²) in [5.74, 6) is 0.608. The van der Waals surface area contributed by atoms with Crippen LogP contribution in [-0.4, -0.2) is 21.9 Å². The zero-order chi connectivity index (χ0) is 20.1. The summed E-state index contributed by atoms with van der Waals surface area (Å²) in [7, 11) is 0. The van der Waals surface area contributed by atoms with E-state index in [1.807, 2.05) is 44.2 Å². The number of hydrogen-bond donors (Lipinski definition) is 2. The number of aryl methyl sites for hydroxylation is 2. The first-order chi connectivity index (χ1) is 13.4. The molecule has 0 bridgehead atoms. The van der Waals surface area contributed by atoms with Gasteiger partial charge in [0.2, 0.25) is 11.0 Å². The zero-order valence-electron chi connectivity index (χ0n) is 16.4. The zero-order valence-corrected chi connectivity index (χ0v) is 18.1. The van der Waals surface area contributed by atoms with E-state index in [4.69, 9.17) is 0 Å². The molecule has 28 heavy (non-hydrogen) atoms. The van der Waals surface area contributed by atoms with Crippen molar-refractivity contribution in [2.75, 3.05) is 16.4 Å². The molecule has 0 atom stereocenters. The van der Waals surface area contributed by atoms with Crippen LogP contribution in [0.25, 0.3) is 0 Å². The van der Waals surface area contributed by atoms with Crippen LogP contribution in [0.4, 0.5) is 16.5 Å². The molecule has 1 aromatic heterocycles. The lowest BCUT2D eigenvalue weighted by Gasteiger charge is -2.16. The lowest BCUT2D eigenvalue weighted by Crippen LogP contribution is -2.16. The third-order valence-electron chi connectivity index (χ3n) is 4.19. The standard InChI is InChI=1S/C21H24N4OS2/c1-13(2)17-10-6-8-15(4)19(17)23-18(26)12-27-21-25-24-20(28-21)22-16-9-5-7-14(3)11-16/h5-11,13H,12H2,1-4H3,(H,22,24)(H,23,26). The minimum atomic E-state index is -0.0374. The van der Waals surface area contributed by atoms with Crippen molar-refractivity contribution in [3.63, 3.8) is 0 Å². The first kappa shape index (κ1) is 20.4. The molecule has 0 aliphatic heterocycles. The average Bonchev–Trinajstić information content (AvgIpc) is 3.09. The highest BCUT2D eigenvalue weighted by Crippen LogP contribution is 2.30. The maximum atomic E-state index is 12.5. The topological polar surface area (TPSA) is 66.9 Å². The van der Waals surface area contributed by atoms with Gasteiger partial charge in [0, 0.05) is 11.4 Å². The molecular weight excluding hydrogens is 388 g/mol. The van der Waals surface area contributed by atoms with Crippen LogP contribution in [0.3, 0.4) is 0 Å². The number of carbonyl (C=O) groups is 1. The third kappa shape index (κ3) is 5.33. The van der Waals surface area contributed by atoms with Gasteiger partial charge in [0.05, 0.1) is 5.75 Å². The predicted molar refractivity (Wildman–Crippen MR) is 119 cm³/mol. The van der Waals surface area contributed by atoms with Crippen LogP contribution in [0.2, 0.25) is 0 Å². The van der Waals surface area contributed by atoms with E-state index in [2.05, 4.69) is 46.8 Å². The number of rotatable bonds is 7. The summed E-state index contributed by atoms with van der Waals surface area (Å²) in [6.45, 7) is 8.32. The van der Waals surface area contributed by atoms with Gasteiger partial charge in [0.15, 0.2) is 4.34 Å². The molecule has 0 aliphatic rings. The Morgan fingerprint density at radius 3 is 2.68 bits per heavy atom. The highest BCUT2D eigenvalue weighted by Gasteiger charge is 2.13. The Morgan fingerprint density at radius 2 is 1.93 bits per heavy atom. The van der Waals surface area contributed by atoms with Gasteiger partial charge in [-0.15, -0.1) is 10.2 Å². The van der Waals surface area contributed by atoms with Crippen molar-refractivity contribution in [2.45, 2.75) is 38.0 Å². The summed E-state index contributed by atoms with van der Waals surface area (Å²) in [6, 6.07) is 14.2. The van der Waals surface area contributed by atoms with Crippen LogP contribution < -0.4 is 10.6 Å². The van der Waals surface area contributed by atoms with E-state index in [0.717, 1.165) is 32.0 Å². The van der Waals surface area contributed by atoms with E-state index in [1.54, 1.807) is 0 Å². The number of nitrogens with one attached hydrogen (secondary N) is 2. The minimum Gasteiger partial charge on any atom is -0.330 e. The quantitative estimate of drug-likeness (QED) is 0.484. The van der Waals surface area contributed by atoms with Crippen molar-refractivity contribution in [3.8, 4) is 0 Å². The van der Waals surface area contributed by atoms with Crippen LogP contribution in [0.1, 0.15) is 36.5 Å². The second-order valence-electron chi connectivity index (χ2n) is 6.90. The maximum Gasteiger partial charge on any atom is 0.234 e. The van der Waals surface area contributed by atoms with Crippen molar-refractivity contribution in [2.24, 2.45) is 0 Å². The number of hydrogen-bond acceptors (Lipinski definition) is 6. The summed E-state index contributed by atoms with van der Waals surface area (Å²) < 4.78 is 0.763. The summed E-state index contributed by atoms with van der Waals surface area (Å²) in [5.41, 5.74) is 5.30. The molecule has 2 aromatic carbocycles. The molecule has 1 amide bonds. The van der Waals surface area contributed by atoms with E-state index in [0.29, 0.717) is 11.7 Å². The first-order valence-electron chi connectivity index (χ1n) is 9.11. The Kier molecular flexibility index (Phi) is 6.70. The Labute approximate surface area is 174 Å².